The van der Waals surface area contributed by atoms with Gasteiger partial charge in [-0.25, -0.2) is 4.68 Å². The first kappa shape index (κ1) is 19.2. The number of rotatable bonds is 2. The van der Waals surface area contributed by atoms with Gasteiger partial charge in [0.1, 0.15) is 0 Å². The summed E-state index contributed by atoms with van der Waals surface area (Å²) >= 11 is 0. The van der Waals surface area contributed by atoms with Crippen LogP contribution in [-0.4, -0.2) is 39.9 Å². The molecule has 0 spiro atoms. The fourth-order valence-electron chi connectivity index (χ4n) is 3.19. The Balaban J connectivity index is 1.74. The van der Waals surface area contributed by atoms with E-state index < -0.39 is 23.8 Å². The van der Waals surface area contributed by atoms with Crippen LogP contribution in [0.25, 0.3) is 5.69 Å². The third kappa shape index (κ3) is 4.09. The van der Waals surface area contributed by atoms with Gasteiger partial charge in [0.2, 0.25) is 0 Å². The average Bonchev–Trinajstić information content (AvgIpc) is 3.09. The molecule has 0 aliphatic carbocycles. The molecule has 0 atom stereocenters. The van der Waals surface area contributed by atoms with Gasteiger partial charge in [0, 0.05) is 30.9 Å². The second kappa shape index (κ2) is 6.90. The molecule has 2 aromatic rings. The number of amides is 1. The summed E-state index contributed by atoms with van der Waals surface area (Å²) in [5.74, 6) is -2.00. The molecule has 146 valence electrons. The van der Waals surface area contributed by atoms with Gasteiger partial charge in [0.05, 0.1) is 11.3 Å². The molecule has 1 saturated heterocycles. The molecule has 27 heavy (non-hydrogen) atoms. The summed E-state index contributed by atoms with van der Waals surface area (Å²) in [5.41, 5.74) is 0.338. The van der Waals surface area contributed by atoms with Gasteiger partial charge in [0.25, 0.3) is 0 Å². The quantitative estimate of drug-likeness (QED) is 0.721. The second-order valence-electron chi connectivity index (χ2n) is 6.28. The van der Waals surface area contributed by atoms with Crippen molar-refractivity contribution in [2.24, 2.45) is 0 Å². The van der Waals surface area contributed by atoms with Crippen molar-refractivity contribution in [3.8, 4) is 5.69 Å². The topological polar surface area (TPSA) is 38.1 Å². The zero-order valence-corrected chi connectivity index (χ0v) is 13.9. The Bertz CT molecular complexity index is 801. The van der Waals surface area contributed by atoms with E-state index in [2.05, 4.69) is 5.10 Å². The number of carbonyl (C=O) groups excluding carboxylic acids is 1. The Kier molecular flexibility index (Phi) is 4.92. The molecule has 0 radical (unpaired) electrons. The monoisotopic (exact) mass is 391 g/mol. The lowest BCUT2D eigenvalue weighted by molar-refractivity contribution is -0.186. The fourth-order valence-corrected chi connectivity index (χ4v) is 3.19. The van der Waals surface area contributed by atoms with Crippen LogP contribution in [0.4, 0.5) is 26.3 Å². The smallest absolute Gasteiger partial charge is 0.335 e. The van der Waals surface area contributed by atoms with Crippen LogP contribution in [-0.2, 0) is 11.0 Å². The zero-order chi connectivity index (χ0) is 19.8. The lowest BCUT2D eigenvalue weighted by Crippen LogP contribution is -2.45. The first-order chi connectivity index (χ1) is 12.6. The van der Waals surface area contributed by atoms with E-state index in [-0.39, 0.29) is 19.0 Å². The van der Waals surface area contributed by atoms with E-state index in [0.717, 1.165) is 17.0 Å². The molecule has 2 heterocycles. The van der Waals surface area contributed by atoms with E-state index in [1.165, 1.54) is 23.0 Å². The lowest BCUT2D eigenvalue weighted by Gasteiger charge is -2.32. The molecular formula is C17H15F6N3O. The van der Waals surface area contributed by atoms with Gasteiger partial charge in [-0.1, -0.05) is 0 Å². The van der Waals surface area contributed by atoms with Gasteiger partial charge in [0.15, 0.2) is 0 Å². The first-order valence-corrected chi connectivity index (χ1v) is 8.15. The van der Waals surface area contributed by atoms with Crippen molar-refractivity contribution in [1.29, 1.82) is 0 Å². The second-order valence-corrected chi connectivity index (χ2v) is 6.28. The van der Waals surface area contributed by atoms with Crippen LogP contribution in [0.1, 0.15) is 30.0 Å². The predicted molar refractivity (Wildman–Crippen MR) is 83.2 cm³/mol. The van der Waals surface area contributed by atoms with Crippen LogP contribution < -0.4 is 0 Å². The maximum atomic E-state index is 12.7. The van der Waals surface area contributed by atoms with Crippen molar-refractivity contribution < 1.29 is 31.1 Å². The van der Waals surface area contributed by atoms with Crippen LogP contribution >= 0.6 is 0 Å². The summed E-state index contributed by atoms with van der Waals surface area (Å²) < 4.78 is 77.1. The van der Waals surface area contributed by atoms with Gasteiger partial charge in [-0.3, -0.25) is 4.79 Å². The number of carbonyl (C=O) groups is 1. The first-order valence-electron chi connectivity index (χ1n) is 8.15. The SMILES string of the molecule is O=C(N1CCC(c2ccnn2-c2ccc(C(F)(F)F)cc2)CC1)C(F)(F)F. The number of hydrogen-bond acceptors (Lipinski definition) is 2. The summed E-state index contributed by atoms with van der Waals surface area (Å²) in [5, 5.41) is 4.12. The number of piperidine rings is 1. The third-order valence-corrected chi connectivity index (χ3v) is 4.55. The Labute approximate surface area is 150 Å². The van der Waals surface area contributed by atoms with E-state index in [1.807, 2.05) is 0 Å². The molecule has 10 heteroatoms. The summed E-state index contributed by atoms with van der Waals surface area (Å²) in [6, 6.07) is 6.17. The molecule has 1 aromatic carbocycles. The van der Waals surface area contributed by atoms with Crippen molar-refractivity contribution in [2.45, 2.75) is 31.1 Å². The van der Waals surface area contributed by atoms with Crippen molar-refractivity contribution >= 4 is 5.91 Å². The molecular weight excluding hydrogens is 376 g/mol. The van der Waals surface area contributed by atoms with Crippen molar-refractivity contribution in [3.63, 3.8) is 0 Å². The number of halogens is 6. The maximum Gasteiger partial charge on any atom is 0.471 e. The summed E-state index contributed by atoms with van der Waals surface area (Å²) in [7, 11) is 0. The largest absolute Gasteiger partial charge is 0.471 e. The number of hydrogen-bond donors (Lipinski definition) is 0. The van der Waals surface area contributed by atoms with Gasteiger partial charge in [-0.05, 0) is 43.2 Å². The Morgan fingerprint density at radius 2 is 1.56 bits per heavy atom. The average molecular weight is 391 g/mol. The molecule has 0 N–H and O–H groups in total. The van der Waals surface area contributed by atoms with Crippen molar-refractivity contribution in [3.05, 3.63) is 47.8 Å². The highest BCUT2D eigenvalue weighted by Crippen LogP contribution is 2.33. The van der Waals surface area contributed by atoms with E-state index >= 15 is 0 Å². The molecule has 0 unspecified atom stereocenters. The number of likely N-dealkylation sites (tertiary alicyclic amines) is 1. The van der Waals surface area contributed by atoms with Crippen molar-refractivity contribution in [1.82, 2.24) is 14.7 Å². The standard InChI is InChI=1S/C17H15F6N3O/c18-16(19,20)12-1-3-13(4-2-12)26-14(5-8-24-26)11-6-9-25(10-7-11)15(27)17(21,22)23/h1-5,8,11H,6-7,9-10H2. The molecule has 1 aliphatic heterocycles. The number of alkyl halides is 6. The number of aromatic nitrogens is 2. The van der Waals surface area contributed by atoms with Crippen LogP contribution in [0.3, 0.4) is 0 Å². The zero-order valence-electron chi connectivity index (χ0n) is 13.9. The van der Waals surface area contributed by atoms with E-state index in [1.54, 1.807) is 6.07 Å². The summed E-state index contributed by atoms with van der Waals surface area (Å²) in [6.45, 7) is -0.0809. The minimum absolute atomic E-state index is 0.0405. The highest BCUT2D eigenvalue weighted by molar-refractivity contribution is 5.81. The Morgan fingerprint density at radius 1 is 0.963 bits per heavy atom. The summed E-state index contributed by atoms with van der Waals surface area (Å²) in [4.78, 5) is 12.1. The van der Waals surface area contributed by atoms with Crippen LogP contribution in [0.2, 0.25) is 0 Å². The number of benzene rings is 1. The number of nitrogens with zero attached hydrogens (tertiary/aromatic N) is 3. The molecule has 0 bridgehead atoms. The molecule has 1 amide bonds. The molecule has 0 saturated carbocycles. The molecule has 1 aromatic heterocycles. The maximum absolute atomic E-state index is 12.7. The van der Waals surface area contributed by atoms with Gasteiger partial charge < -0.3 is 4.90 Å². The minimum Gasteiger partial charge on any atom is -0.335 e. The van der Waals surface area contributed by atoms with Gasteiger partial charge in [-0.2, -0.15) is 31.4 Å². The predicted octanol–water partition coefficient (Wildman–Crippen LogP) is 4.16. The lowest BCUT2D eigenvalue weighted by atomic mass is 9.93. The van der Waals surface area contributed by atoms with Gasteiger partial charge >= 0.3 is 18.3 Å². The Morgan fingerprint density at radius 3 is 2.07 bits per heavy atom. The molecule has 1 aliphatic rings. The Hall–Kier alpha value is -2.52. The van der Waals surface area contributed by atoms with Crippen LogP contribution in [0.15, 0.2) is 36.5 Å². The normalized spacial score (nSPS) is 16.6. The highest BCUT2D eigenvalue weighted by atomic mass is 19.4. The van der Waals surface area contributed by atoms with Crippen molar-refractivity contribution in [2.75, 3.05) is 13.1 Å². The van der Waals surface area contributed by atoms with E-state index in [4.69, 9.17) is 0 Å². The van der Waals surface area contributed by atoms with Crippen LogP contribution in [0, 0.1) is 0 Å². The van der Waals surface area contributed by atoms with Crippen LogP contribution in [0.5, 0.6) is 0 Å². The molecule has 1 fully saturated rings. The fraction of sp³-hybridized carbons (Fsp3) is 0.412. The van der Waals surface area contributed by atoms with E-state index in [9.17, 15) is 31.1 Å². The third-order valence-electron chi connectivity index (χ3n) is 4.55. The molecule has 3 rings (SSSR count). The van der Waals surface area contributed by atoms with E-state index in [0.29, 0.717) is 24.2 Å². The molecule has 4 nitrogen and oxygen atoms in total. The van der Waals surface area contributed by atoms with Gasteiger partial charge in [-0.15, -0.1) is 0 Å². The minimum atomic E-state index is -4.89. The summed E-state index contributed by atoms with van der Waals surface area (Å²) in [6.07, 6.45) is -7.22. The highest BCUT2D eigenvalue weighted by Gasteiger charge is 2.43.